The zero-order valence-corrected chi connectivity index (χ0v) is 15.0. The molecule has 150 valence electrons. The van der Waals surface area contributed by atoms with Gasteiger partial charge in [0.1, 0.15) is 6.61 Å². The van der Waals surface area contributed by atoms with E-state index in [1.54, 1.807) is 31.2 Å². The number of hydrogen-bond acceptors (Lipinski definition) is 5. The zero-order valence-electron chi connectivity index (χ0n) is 15.0. The number of ether oxygens (including phenoxy) is 2. The first kappa shape index (κ1) is 21.0. The predicted octanol–water partition coefficient (Wildman–Crippen LogP) is 2.73. The van der Waals surface area contributed by atoms with Gasteiger partial charge in [0.25, 0.3) is 0 Å². The lowest BCUT2D eigenvalue weighted by molar-refractivity contribution is -0.157. The maximum Gasteiger partial charge on any atom is 0.407 e. The number of alkyl carbamates (subject to hydrolysis) is 1. The summed E-state index contributed by atoms with van der Waals surface area (Å²) in [6.45, 7) is 0.721. The molecule has 1 amide bonds. The molecule has 1 fully saturated rings. The molecule has 1 aliphatic heterocycles. The van der Waals surface area contributed by atoms with Gasteiger partial charge in [-0.2, -0.15) is 13.2 Å². The normalized spacial score (nSPS) is 20.7. The van der Waals surface area contributed by atoms with Crippen LogP contribution in [-0.2, 0) is 20.9 Å². The first-order chi connectivity index (χ1) is 12.8. The number of piperidine rings is 1. The molecule has 2 atom stereocenters. The molecule has 1 aromatic rings. The maximum absolute atomic E-state index is 12.7. The molecule has 1 aromatic carbocycles. The highest BCUT2D eigenvalue weighted by Crippen LogP contribution is 2.24. The monoisotopic (exact) mass is 388 g/mol. The van der Waals surface area contributed by atoms with E-state index < -0.39 is 36.7 Å². The first-order valence-electron chi connectivity index (χ1n) is 8.71. The van der Waals surface area contributed by atoms with Crippen LogP contribution in [0.15, 0.2) is 30.3 Å². The molecular formula is C18H23F3N2O4. The largest absolute Gasteiger partial charge is 0.466 e. The number of carbonyl (C=O) groups is 2. The van der Waals surface area contributed by atoms with Crippen molar-refractivity contribution < 1.29 is 32.2 Å². The fraction of sp³-hybridized carbons (Fsp3) is 0.556. The van der Waals surface area contributed by atoms with Crippen molar-refractivity contribution in [2.45, 2.75) is 32.2 Å². The fourth-order valence-electron chi connectivity index (χ4n) is 3.01. The molecule has 0 spiro atoms. The maximum atomic E-state index is 12.7. The summed E-state index contributed by atoms with van der Waals surface area (Å²) in [6, 6.07) is 8.15. The van der Waals surface area contributed by atoms with Gasteiger partial charge in [0, 0.05) is 6.54 Å². The minimum absolute atomic E-state index is 0.0235. The van der Waals surface area contributed by atoms with E-state index in [2.05, 4.69) is 5.32 Å². The third-order valence-corrected chi connectivity index (χ3v) is 4.21. The standard InChI is InChI=1S/C18H23F3N2O4/c1-2-26-16(24)14-8-9-23(12-18(19,20)21)10-15(14)22-17(25)27-11-13-6-4-3-5-7-13/h3-7,14-15H,2,8-12H2,1H3,(H,22,25)/t14-,15-/m0/s1. The van der Waals surface area contributed by atoms with Gasteiger partial charge < -0.3 is 14.8 Å². The number of halogens is 3. The number of alkyl halides is 3. The Bertz CT molecular complexity index is 625. The highest BCUT2D eigenvalue weighted by atomic mass is 19.4. The van der Waals surface area contributed by atoms with Crippen LogP contribution in [-0.4, -0.2) is 55.4 Å². The van der Waals surface area contributed by atoms with Gasteiger partial charge in [0.05, 0.1) is 25.1 Å². The van der Waals surface area contributed by atoms with Crippen LogP contribution in [0.25, 0.3) is 0 Å². The SMILES string of the molecule is CCOC(=O)[C@H]1CCN(CC(F)(F)F)C[C@@H]1NC(=O)OCc1ccccc1. The number of hydrogen-bond donors (Lipinski definition) is 1. The molecule has 0 unspecified atom stereocenters. The van der Waals surface area contributed by atoms with Crippen LogP contribution in [0.4, 0.5) is 18.0 Å². The average molecular weight is 388 g/mol. The van der Waals surface area contributed by atoms with Crippen LogP contribution in [0, 0.1) is 5.92 Å². The summed E-state index contributed by atoms with van der Waals surface area (Å²) in [4.78, 5) is 25.3. The van der Waals surface area contributed by atoms with Gasteiger partial charge in [0.15, 0.2) is 0 Å². The summed E-state index contributed by atoms with van der Waals surface area (Å²) in [5.41, 5.74) is 0.775. The van der Waals surface area contributed by atoms with E-state index in [-0.39, 0.29) is 32.7 Å². The molecule has 9 heteroatoms. The van der Waals surface area contributed by atoms with E-state index in [1.807, 2.05) is 6.07 Å². The van der Waals surface area contributed by atoms with Crippen molar-refractivity contribution in [3.8, 4) is 0 Å². The smallest absolute Gasteiger partial charge is 0.407 e. The lowest BCUT2D eigenvalue weighted by atomic mass is 9.91. The van der Waals surface area contributed by atoms with Crippen molar-refractivity contribution in [1.82, 2.24) is 10.2 Å². The van der Waals surface area contributed by atoms with E-state index in [9.17, 15) is 22.8 Å². The molecule has 0 bridgehead atoms. The number of likely N-dealkylation sites (tertiary alicyclic amines) is 1. The second-order valence-corrected chi connectivity index (χ2v) is 6.31. The Kier molecular flexibility index (Phi) is 7.46. The summed E-state index contributed by atoms with van der Waals surface area (Å²) in [5.74, 6) is -1.24. The van der Waals surface area contributed by atoms with Gasteiger partial charge in [-0.15, -0.1) is 0 Å². The molecule has 0 radical (unpaired) electrons. The van der Waals surface area contributed by atoms with Crippen molar-refractivity contribution in [2.75, 3.05) is 26.2 Å². The van der Waals surface area contributed by atoms with Gasteiger partial charge in [-0.1, -0.05) is 30.3 Å². The van der Waals surface area contributed by atoms with Crippen molar-refractivity contribution in [3.63, 3.8) is 0 Å². The minimum Gasteiger partial charge on any atom is -0.466 e. The van der Waals surface area contributed by atoms with Crippen LogP contribution < -0.4 is 5.32 Å². The highest BCUT2D eigenvalue weighted by molar-refractivity contribution is 5.75. The van der Waals surface area contributed by atoms with Gasteiger partial charge in [-0.3, -0.25) is 9.69 Å². The second-order valence-electron chi connectivity index (χ2n) is 6.31. The van der Waals surface area contributed by atoms with Crippen molar-refractivity contribution >= 4 is 12.1 Å². The molecule has 0 aromatic heterocycles. The van der Waals surface area contributed by atoms with Crippen LogP contribution in [0.1, 0.15) is 18.9 Å². The minimum atomic E-state index is -4.35. The van der Waals surface area contributed by atoms with E-state index in [1.165, 1.54) is 0 Å². The Labute approximate surface area is 155 Å². The quantitative estimate of drug-likeness (QED) is 0.759. The summed E-state index contributed by atoms with van der Waals surface area (Å²) in [7, 11) is 0. The van der Waals surface area contributed by atoms with Crippen LogP contribution >= 0.6 is 0 Å². The van der Waals surface area contributed by atoms with Gasteiger partial charge in [0.2, 0.25) is 0 Å². The zero-order chi connectivity index (χ0) is 19.9. The van der Waals surface area contributed by atoms with Gasteiger partial charge in [-0.05, 0) is 25.5 Å². The van der Waals surface area contributed by atoms with E-state index in [0.29, 0.717) is 0 Å². The average Bonchev–Trinajstić information content (AvgIpc) is 2.60. The first-order valence-corrected chi connectivity index (χ1v) is 8.71. The summed E-state index contributed by atoms with van der Waals surface area (Å²) >= 11 is 0. The Hall–Kier alpha value is -2.29. The third kappa shape index (κ3) is 7.09. The topological polar surface area (TPSA) is 67.9 Å². The fourth-order valence-corrected chi connectivity index (χ4v) is 3.01. The van der Waals surface area contributed by atoms with Crippen LogP contribution in [0.5, 0.6) is 0 Å². The van der Waals surface area contributed by atoms with Crippen LogP contribution in [0.2, 0.25) is 0 Å². The molecular weight excluding hydrogens is 365 g/mol. The number of carbonyl (C=O) groups excluding carboxylic acids is 2. The number of benzene rings is 1. The van der Waals surface area contributed by atoms with Gasteiger partial charge in [-0.25, -0.2) is 4.79 Å². The van der Waals surface area contributed by atoms with E-state index in [0.717, 1.165) is 10.5 Å². The predicted molar refractivity (Wildman–Crippen MR) is 90.8 cm³/mol. The number of esters is 1. The summed E-state index contributed by atoms with van der Waals surface area (Å²) in [6.07, 6.45) is -4.97. The molecule has 1 heterocycles. The van der Waals surface area contributed by atoms with E-state index >= 15 is 0 Å². The molecule has 27 heavy (non-hydrogen) atoms. The second kappa shape index (κ2) is 9.59. The number of amides is 1. The molecule has 1 aliphatic rings. The van der Waals surface area contributed by atoms with Crippen LogP contribution in [0.3, 0.4) is 0 Å². The van der Waals surface area contributed by atoms with Crippen molar-refractivity contribution in [2.24, 2.45) is 5.92 Å². The molecule has 1 N–H and O–H groups in total. The summed E-state index contributed by atoms with van der Waals surface area (Å²) < 4.78 is 48.1. The molecule has 2 rings (SSSR count). The lowest BCUT2D eigenvalue weighted by Crippen LogP contribution is -2.56. The Morgan fingerprint density at radius 1 is 1.22 bits per heavy atom. The van der Waals surface area contributed by atoms with Gasteiger partial charge >= 0.3 is 18.2 Å². The Morgan fingerprint density at radius 2 is 1.93 bits per heavy atom. The molecule has 0 aliphatic carbocycles. The Balaban J connectivity index is 1.97. The number of nitrogens with one attached hydrogen (secondary N) is 1. The van der Waals surface area contributed by atoms with Crippen molar-refractivity contribution in [3.05, 3.63) is 35.9 Å². The molecule has 6 nitrogen and oxygen atoms in total. The molecule has 1 saturated heterocycles. The lowest BCUT2D eigenvalue weighted by Gasteiger charge is -2.37. The van der Waals surface area contributed by atoms with Crippen molar-refractivity contribution in [1.29, 1.82) is 0 Å². The number of rotatable bonds is 6. The third-order valence-electron chi connectivity index (χ3n) is 4.21. The summed E-state index contributed by atoms with van der Waals surface area (Å²) in [5, 5.41) is 2.52. The molecule has 0 saturated carbocycles. The van der Waals surface area contributed by atoms with E-state index in [4.69, 9.17) is 9.47 Å². The Morgan fingerprint density at radius 3 is 2.56 bits per heavy atom. The highest BCUT2D eigenvalue weighted by Gasteiger charge is 2.40. The number of nitrogens with zero attached hydrogens (tertiary/aromatic N) is 1.